The molecule has 282 valence electrons. The van der Waals surface area contributed by atoms with Gasteiger partial charge in [-0.05, 0) is 112 Å². The van der Waals surface area contributed by atoms with Crippen LogP contribution in [0.5, 0.6) is 17.2 Å². The quantitative estimate of drug-likeness (QED) is 0.214. The second kappa shape index (κ2) is 17.0. The molecule has 3 N–H and O–H groups in total. The van der Waals surface area contributed by atoms with Gasteiger partial charge in [0, 0.05) is 70.7 Å². The lowest BCUT2D eigenvalue weighted by molar-refractivity contribution is 0.389. The first-order chi connectivity index (χ1) is 26.2. The molecular weight excluding hydrogens is 673 g/mol. The van der Waals surface area contributed by atoms with Crippen molar-refractivity contribution >= 4 is 37.3 Å². The third kappa shape index (κ3) is 8.88. The van der Waals surface area contributed by atoms with Crippen LogP contribution in [0.3, 0.4) is 0 Å². The molecule has 3 aliphatic carbocycles. The molecule has 9 heteroatoms. The van der Waals surface area contributed by atoms with Crippen LogP contribution in [0.15, 0.2) is 66.4 Å². The molecule has 7 rings (SSSR count). The van der Waals surface area contributed by atoms with Crippen molar-refractivity contribution in [3.8, 4) is 17.2 Å². The molecule has 9 nitrogen and oxygen atoms in total. The van der Waals surface area contributed by atoms with Gasteiger partial charge in [-0.3, -0.25) is 30.0 Å². The summed E-state index contributed by atoms with van der Waals surface area (Å²) in [6.07, 6.45) is 22.7. The van der Waals surface area contributed by atoms with Gasteiger partial charge in [-0.1, -0.05) is 38.5 Å². The third-order valence-corrected chi connectivity index (χ3v) is 11.5. The maximum atomic E-state index is 11.4. The second-order valence-corrected chi connectivity index (χ2v) is 15.8. The SMILES string of the molecule is Cc1cc2c(O)c(c1)/C=N/C1CCCCC1/N=C/c1cc(C)cc(c1O)/C=N/C1CCCCC1/N=C/c1cc(C)cc(c1O)/C=N/C1CCCCC1/N=C/2. The molecule has 1 aliphatic heterocycles. The van der Waals surface area contributed by atoms with Gasteiger partial charge in [0.1, 0.15) is 17.2 Å². The molecule has 3 saturated carbocycles. The van der Waals surface area contributed by atoms with Gasteiger partial charge in [0.05, 0.1) is 36.3 Å². The van der Waals surface area contributed by atoms with Gasteiger partial charge in [0.2, 0.25) is 0 Å². The fraction of sp³-hybridized carbons (Fsp3) is 0.467. The molecule has 6 atom stereocenters. The predicted octanol–water partition coefficient (Wildman–Crippen LogP) is 8.59. The Morgan fingerprint density at radius 3 is 0.667 bits per heavy atom. The lowest BCUT2D eigenvalue weighted by atomic mass is 9.91. The highest BCUT2D eigenvalue weighted by Gasteiger charge is 2.26. The Morgan fingerprint density at radius 1 is 0.333 bits per heavy atom. The minimum Gasteiger partial charge on any atom is -0.507 e. The third-order valence-electron chi connectivity index (χ3n) is 11.5. The zero-order valence-electron chi connectivity index (χ0n) is 31.9. The molecule has 0 radical (unpaired) electrons. The number of phenolic OH excluding ortho intramolecular Hbond substituents is 3. The van der Waals surface area contributed by atoms with E-state index in [1.807, 2.05) is 57.2 Å². The van der Waals surface area contributed by atoms with Gasteiger partial charge in [0.25, 0.3) is 0 Å². The summed E-state index contributed by atoms with van der Waals surface area (Å²) in [7, 11) is 0. The fourth-order valence-electron chi connectivity index (χ4n) is 8.47. The van der Waals surface area contributed by atoms with Crippen molar-refractivity contribution in [3.05, 3.63) is 86.5 Å². The molecule has 0 aromatic heterocycles. The van der Waals surface area contributed by atoms with Crippen LogP contribution >= 0.6 is 0 Å². The van der Waals surface area contributed by atoms with Crippen LogP contribution in [0.25, 0.3) is 0 Å². The van der Waals surface area contributed by atoms with Crippen LogP contribution in [0.1, 0.15) is 127 Å². The molecule has 1 heterocycles. The molecule has 0 saturated heterocycles. The van der Waals surface area contributed by atoms with E-state index in [1.165, 1.54) is 0 Å². The maximum absolute atomic E-state index is 11.4. The number of fused-ring (bicyclic) bond motifs is 9. The summed E-state index contributed by atoms with van der Waals surface area (Å²) in [4.78, 5) is 30.0. The number of rotatable bonds is 0. The molecule has 0 spiro atoms. The summed E-state index contributed by atoms with van der Waals surface area (Å²) in [5.74, 6) is 0.485. The number of nitrogens with zero attached hydrogens (tertiary/aromatic N) is 6. The van der Waals surface area contributed by atoms with Crippen molar-refractivity contribution in [2.45, 2.75) is 134 Å². The molecule has 3 aromatic rings. The van der Waals surface area contributed by atoms with Crippen molar-refractivity contribution in [1.29, 1.82) is 0 Å². The normalized spacial score (nSPS) is 29.6. The Labute approximate surface area is 319 Å². The van der Waals surface area contributed by atoms with Crippen LogP contribution in [-0.2, 0) is 0 Å². The molecular formula is C45H54N6O3. The van der Waals surface area contributed by atoms with Crippen LogP contribution in [0.4, 0.5) is 0 Å². The van der Waals surface area contributed by atoms with Crippen LogP contribution in [-0.4, -0.2) is 88.9 Å². The van der Waals surface area contributed by atoms with Crippen molar-refractivity contribution in [2.24, 2.45) is 30.0 Å². The van der Waals surface area contributed by atoms with E-state index < -0.39 is 0 Å². The van der Waals surface area contributed by atoms with E-state index in [4.69, 9.17) is 30.0 Å². The Hall–Kier alpha value is -4.92. The smallest absolute Gasteiger partial charge is 0.133 e. The first-order valence-electron chi connectivity index (χ1n) is 19.9. The van der Waals surface area contributed by atoms with Gasteiger partial charge in [-0.15, -0.1) is 0 Å². The number of hydrogen-bond acceptors (Lipinski definition) is 9. The minimum absolute atomic E-state index is 0.0317. The lowest BCUT2D eigenvalue weighted by Gasteiger charge is -2.26. The summed E-state index contributed by atoms with van der Waals surface area (Å²) >= 11 is 0. The molecule has 6 unspecified atom stereocenters. The average Bonchev–Trinajstić information content (AvgIpc) is 3.17. The van der Waals surface area contributed by atoms with Crippen molar-refractivity contribution in [3.63, 3.8) is 0 Å². The van der Waals surface area contributed by atoms with Crippen molar-refractivity contribution in [2.75, 3.05) is 0 Å². The average molecular weight is 727 g/mol. The van der Waals surface area contributed by atoms with Gasteiger partial charge in [-0.25, -0.2) is 0 Å². The predicted molar refractivity (Wildman–Crippen MR) is 222 cm³/mol. The zero-order valence-corrected chi connectivity index (χ0v) is 31.9. The van der Waals surface area contributed by atoms with Crippen molar-refractivity contribution < 1.29 is 15.3 Å². The fourth-order valence-corrected chi connectivity index (χ4v) is 8.47. The number of aromatic hydroxyl groups is 3. The number of aryl methyl sites for hydroxylation is 3. The highest BCUT2D eigenvalue weighted by Crippen LogP contribution is 2.31. The summed E-state index contributed by atoms with van der Waals surface area (Å²) in [6.45, 7) is 6.06. The summed E-state index contributed by atoms with van der Waals surface area (Å²) in [5.41, 5.74) is 7.01. The standard InChI is InChI=1S/C45H54N6O3/c1-28-16-31-22-46-37-10-4-6-12-39(37)48-24-33-18-29(2)20-35(44(33)53)26-50-41-14-8-9-15-42(41)51-27-36-21-30(3)19-34(45(36)54)25-49-40-13-7-5-11-38(40)47-23-32(17-28)43(31)52/h16-27,37-42,52-54H,4-15H2,1-3H3/b46-22+,47-23+,48-24+,49-25+,50-26+,51-27+. The van der Waals surface area contributed by atoms with E-state index in [0.717, 1.165) is 93.7 Å². The molecule has 54 heavy (non-hydrogen) atoms. The van der Waals surface area contributed by atoms with Gasteiger partial charge >= 0.3 is 0 Å². The molecule has 3 fully saturated rings. The minimum atomic E-state index is -0.0317. The van der Waals surface area contributed by atoms with Gasteiger partial charge < -0.3 is 15.3 Å². The number of hydrogen-bond donors (Lipinski definition) is 3. The van der Waals surface area contributed by atoms with E-state index in [2.05, 4.69) is 0 Å². The summed E-state index contributed by atoms with van der Waals surface area (Å²) in [6, 6.07) is 11.6. The Kier molecular flexibility index (Phi) is 11.8. The number of phenols is 3. The molecule has 3 aromatic carbocycles. The molecule has 6 bridgehead atoms. The highest BCUT2D eigenvalue weighted by molar-refractivity contribution is 5.94. The molecule has 4 aliphatic rings. The largest absolute Gasteiger partial charge is 0.507 e. The van der Waals surface area contributed by atoms with E-state index in [0.29, 0.717) is 33.4 Å². The van der Waals surface area contributed by atoms with Crippen LogP contribution in [0.2, 0.25) is 0 Å². The number of aliphatic imine (C=N–C) groups is 6. The van der Waals surface area contributed by atoms with Gasteiger partial charge in [-0.2, -0.15) is 0 Å². The van der Waals surface area contributed by atoms with Crippen molar-refractivity contribution in [1.82, 2.24) is 0 Å². The monoisotopic (exact) mass is 726 g/mol. The zero-order chi connectivity index (χ0) is 37.6. The topological polar surface area (TPSA) is 135 Å². The maximum Gasteiger partial charge on any atom is 0.133 e. The van der Waals surface area contributed by atoms with Gasteiger partial charge in [0.15, 0.2) is 0 Å². The van der Waals surface area contributed by atoms with Crippen LogP contribution in [0, 0.1) is 20.8 Å². The molecule has 0 amide bonds. The van der Waals surface area contributed by atoms with E-state index >= 15 is 0 Å². The van der Waals surface area contributed by atoms with E-state index in [-0.39, 0.29) is 53.5 Å². The number of benzene rings is 3. The van der Waals surface area contributed by atoms with E-state index in [1.54, 1.807) is 37.3 Å². The first-order valence-corrected chi connectivity index (χ1v) is 19.9. The Balaban J connectivity index is 1.29. The highest BCUT2D eigenvalue weighted by atomic mass is 16.3. The Morgan fingerprint density at radius 2 is 0.500 bits per heavy atom. The lowest BCUT2D eigenvalue weighted by Crippen LogP contribution is -2.27. The first kappa shape index (κ1) is 37.4. The van der Waals surface area contributed by atoms with Crippen LogP contribution < -0.4 is 0 Å². The second-order valence-electron chi connectivity index (χ2n) is 15.8. The summed E-state index contributed by atoms with van der Waals surface area (Å²) in [5, 5.41) is 34.2. The Bertz CT molecular complexity index is 1660. The van der Waals surface area contributed by atoms with E-state index in [9.17, 15) is 15.3 Å². The summed E-state index contributed by atoms with van der Waals surface area (Å²) < 4.78 is 0.